The van der Waals surface area contributed by atoms with Crippen LogP contribution in [0.1, 0.15) is 0 Å². The van der Waals surface area contributed by atoms with Crippen LogP contribution in [0.25, 0.3) is 55.4 Å². The molecule has 4 heterocycles. The van der Waals surface area contributed by atoms with Crippen LogP contribution in [0.4, 0.5) is 0 Å². The summed E-state index contributed by atoms with van der Waals surface area (Å²) in [6.45, 7) is 0. The Morgan fingerprint density at radius 1 is 0.676 bits per heavy atom. The Morgan fingerprint density at radius 2 is 1.38 bits per heavy atom. The van der Waals surface area contributed by atoms with E-state index in [9.17, 15) is 8.42 Å². The molecule has 7 nitrogen and oxygen atoms in total. The van der Waals surface area contributed by atoms with Crippen LogP contribution in [-0.2, 0) is 10.0 Å². The van der Waals surface area contributed by atoms with Gasteiger partial charge in [0.15, 0.2) is 0 Å². The highest BCUT2D eigenvalue weighted by Crippen LogP contribution is 2.46. The SMILES string of the molecule is O=S1(=O)c2ccccc2-c2cc(-c3cnccn3)cc3c4cc(-c5cnccn5)ccc4n1c23. The normalized spacial score (nSPS) is 13.8. The molecule has 0 unspecified atom stereocenters. The molecule has 1 aliphatic rings. The van der Waals surface area contributed by atoms with E-state index in [1.807, 2.05) is 42.5 Å². The molecule has 0 spiro atoms. The van der Waals surface area contributed by atoms with Crippen LogP contribution in [0, 0.1) is 0 Å². The first kappa shape index (κ1) is 19.1. The average Bonchev–Trinajstić information content (AvgIpc) is 3.23. The fourth-order valence-electron chi connectivity index (χ4n) is 4.78. The van der Waals surface area contributed by atoms with Crippen molar-refractivity contribution in [2.45, 2.75) is 4.90 Å². The van der Waals surface area contributed by atoms with Gasteiger partial charge in [-0.2, -0.15) is 0 Å². The van der Waals surface area contributed by atoms with Crippen molar-refractivity contribution >= 4 is 31.8 Å². The predicted molar refractivity (Wildman–Crippen MR) is 130 cm³/mol. The van der Waals surface area contributed by atoms with Gasteiger partial charge in [-0.05, 0) is 30.3 Å². The molecule has 6 aromatic rings. The van der Waals surface area contributed by atoms with Crippen LogP contribution in [0.3, 0.4) is 0 Å². The highest BCUT2D eigenvalue weighted by molar-refractivity contribution is 7.90. The van der Waals surface area contributed by atoms with E-state index in [0.717, 1.165) is 38.9 Å². The maximum Gasteiger partial charge on any atom is 0.269 e. The van der Waals surface area contributed by atoms with Crippen molar-refractivity contribution in [3.63, 3.8) is 0 Å². The van der Waals surface area contributed by atoms with Crippen LogP contribution < -0.4 is 0 Å². The third-order valence-corrected chi connectivity index (χ3v) is 8.00. The molecule has 3 aromatic carbocycles. The van der Waals surface area contributed by atoms with Gasteiger partial charge >= 0.3 is 0 Å². The zero-order chi connectivity index (χ0) is 22.9. The topological polar surface area (TPSA) is 90.6 Å². The number of benzene rings is 3. The number of rotatable bonds is 2. The van der Waals surface area contributed by atoms with Gasteiger partial charge in [0.25, 0.3) is 10.0 Å². The van der Waals surface area contributed by atoms with Crippen molar-refractivity contribution in [1.82, 2.24) is 23.9 Å². The number of aromatic nitrogens is 5. The highest BCUT2D eigenvalue weighted by atomic mass is 32.2. The van der Waals surface area contributed by atoms with Crippen molar-refractivity contribution < 1.29 is 8.42 Å². The first-order valence-corrected chi connectivity index (χ1v) is 12.1. The molecule has 8 heteroatoms. The number of nitrogens with zero attached hydrogens (tertiary/aromatic N) is 5. The molecule has 0 saturated heterocycles. The quantitative estimate of drug-likeness (QED) is 0.363. The van der Waals surface area contributed by atoms with E-state index in [1.54, 1.807) is 49.3 Å². The summed E-state index contributed by atoms with van der Waals surface area (Å²) in [6.07, 6.45) is 9.96. The molecule has 7 rings (SSSR count). The van der Waals surface area contributed by atoms with Crippen molar-refractivity contribution in [2.75, 3.05) is 0 Å². The van der Waals surface area contributed by atoms with E-state index in [-0.39, 0.29) is 4.90 Å². The summed E-state index contributed by atoms with van der Waals surface area (Å²) in [4.78, 5) is 17.6. The zero-order valence-electron chi connectivity index (χ0n) is 17.6. The predicted octanol–water partition coefficient (Wildman–Crippen LogP) is 4.93. The molecule has 34 heavy (non-hydrogen) atoms. The molecule has 0 saturated carbocycles. The summed E-state index contributed by atoms with van der Waals surface area (Å²) in [5, 5.41) is 1.65. The molecule has 0 N–H and O–H groups in total. The molecule has 0 amide bonds. The van der Waals surface area contributed by atoms with Crippen molar-refractivity contribution in [1.29, 1.82) is 0 Å². The Morgan fingerprint density at radius 3 is 2.12 bits per heavy atom. The lowest BCUT2D eigenvalue weighted by Gasteiger charge is -2.21. The van der Waals surface area contributed by atoms with Crippen molar-refractivity contribution in [2.24, 2.45) is 0 Å². The number of fused-ring (bicyclic) bond motifs is 5. The Labute approximate surface area is 194 Å². The van der Waals surface area contributed by atoms with E-state index in [0.29, 0.717) is 16.6 Å². The minimum absolute atomic E-state index is 0.288. The summed E-state index contributed by atoms with van der Waals surface area (Å²) in [7, 11) is -3.79. The van der Waals surface area contributed by atoms with Crippen molar-refractivity contribution in [3.05, 3.63) is 91.8 Å². The van der Waals surface area contributed by atoms with Crippen LogP contribution in [0.15, 0.2) is 96.7 Å². The maximum absolute atomic E-state index is 13.8. The highest BCUT2D eigenvalue weighted by Gasteiger charge is 2.33. The summed E-state index contributed by atoms with van der Waals surface area (Å²) in [5.74, 6) is 0. The lowest BCUT2D eigenvalue weighted by atomic mass is 9.97. The molecule has 0 aliphatic carbocycles. The maximum atomic E-state index is 13.8. The van der Waals surface area contributed by atoms with E-state index in [1.165, 1.54) is 3.97 Å². The summed E-state index contributed by atoms with van der Waals surface area (Å²) in [6, 6.07) is 16.8. The standard InChI is InChI=1S/C26H15N5O2S/c32-34(33)25-4-2-1-3-18(25)20-12-17(23-15-28-8-10-30-23)13-21-19-11-16(22-14-27-7-9-29-22)5-6-24(19)31(34)26(20)21/h1-15H. The summed E-state index contributed by atoms with van der Waals surface area (Å²) < 4.78 is 29.0. The molecule has 0 atom stereocenters. The molecule has 0 radical (unpaired) electrons. The fraction of sp³-hybridized carbons (Fsp3) is 0. The second-order valence-corrected chi connectivity index (χ2v) is 9.85. The fourth-order valence-corrected chi connectivity index (χ4v) is 6.54. The third-order valence-electron chi connectivity index (χ3n) is 6.23. The first-order chi connectivity index (χ1) is 16.6. The van der Waals surface area contributed by atoms with Gasteiger partial charge in [0, 0.05) is 57.8 Å². The number of hydrogen-bond acceptors (Lipinski definition) is 6. The van der Waals surface area contributed by atoms with Crippen LogP contribution in [-0.4, -0.2) is 32.3 Å². The second-order valence-electron chi connectivity index (χ2n) is 8.10. The smallest absolute Gasteiger partial charge is 0.261 e. The van der Waals surface area contributed by atoms with Gasteiger partial charge in [0.05, 0.1) is 39.7 Å². The molecule has 3 aromatic heterocycles. The van der Waals surface area contributed by atoms with Crippen LogP contribution in [0.2, 0.25) is 0 Å². The lowest BCUT2D eigenvalue weighted by molar-refractivity contribution is 0.590. The van der Waals surface area contributed by atoms with E-state index < -0.39 is 10.0 Å². The van der Waals surface area contributed by atoms with Gasteiger partial charge in [-0.15, -0.1) is 0 Å². The van der Waals surface area contributed by atoms with Crippen molar-refractivity contribution in [3.8, 4) is 33.6 Å². The lowest BCUT2D eigenvalue weighted by Crippen LogP contribution is -2.17. The Balaban J connectivity index is 1.67. The summed E-state index contributed by atoms with van der Waals surface area (Å²) >= 11 is 0. The Hall–Kier alpha value is -4.43. The van der Waals surface area contributed by atoms with Crippen LogP contribution >= 0.6 is 0 Å². The van der Waals surface area contributed by atoms with Gasteiger partial charge in [-0.3, -0.25) is 19.9 Å². The number of hydrogen-bond donors (Lipinski definition) is 0. The molecule has 1 aliphatic heterocycles. The zero-order valence-corrected chi connectivity index (χ0v) is 18.4. The van der Waals surface area contributed by atoms with E-state index >= 15 is 0 Å². The van der Waals surface area contributed by atoms with E-state index in [2.05, 4.69) is 19.9 Å². The summed E-state index contributed by atoms with van der Waals surface area (Å²) in [5.41, 5.74) is 5.99. The van der Waals surface area contributed by atoms with Crippen LogP contribution in [0.5, 0.6) is 0 Å². The Kier molecular flexibility index (Phi) is 3.81. The molecular formula is C26H15N5O2S. The van der Waals surface area contributed by atoms with Gasteiger partial charge < -0.3 is 0 Å². The monoisotopic (exact) mass is 461 g/mol. The second kappa shape index (κ2) is 6.79. The molecular weight excluding hydrogens is 446 g/mol. The largest absolute Gasteiger partial charge is 0.269 e. The van der Waals surface area contributed by atoms with E-state index in [4.69, 9.17) is 0 Å². The molecule has 0 fully saturated rings. The Bertz CT molecular complexity index is 1860. The first-order valence-electron chi connectivity index (χ1n) is 10.6. The molecule has 162 valence electrons. The van der Waals surface area contributed by atoms with Gasteiger partial charge in [0.2, 0.25) is 0 Å². The average molecular weight is 462 g/mol. The molecule has 0 bridgehead atoms. The van der Waals surface area contributed by atoms with Gasteiger partial charge in [-0.1, -0.05) is 24.3 Å². The van der Waals surface area contributed by atoms with Gasteiger partial charge in [-0.25, -0.2) is 12.4 Å². The minimum atomic E-state index is -3.79. The minimum Gasteiger partial charge on any atom is -0.261 e. The van der Waals surface area contributed by atoms with Gasteiger partial charge in [0.1, 0.15) is 0 Å². The third kappa shape index (κ3) is 2.54.